The van der Waals surface area contributed by atoms with Gasteiger partial charge in [-0.15, -0.1) is 0 Å². The fraction of sp³-hybridized carbons (Fsp3) is 0.714. The zero-order chi connectivity index (χ0) is 17.2. The summed E-state index contributed by atoms with van der Waals surface area (Å²) in [5.41, 5.74) is 1.54. The maximum absolute atomic E-state index is 12.2. The van der Waals surface area contributed by atoms with Gasteiger partial charge in [0.2, 0.25) is 10.0 Å². The monoisotopic (exact) mass is 343 g/mol. The van der Waals surface area contributed by atoms with Gasteiger partial charge in [0.05, 0.1) is 17.6 Å². The van der Waals surface area contributed by atoms with Gasteiger partial charge in [-0.2, -0.15) is 5.10 Å². The number of anilines is 1. The molecule has 0 saturated carbocycles. The number of carbonyl (C=O) groups is 1. The van der Waals surface area contributed by atoms with Crippen molar-refractivity contribution >= 4 is 21.7 Å². The van der Waals surface area contributed by atoms with Gasteiger partial charge in [-0.25, -0.2) is 17.5 Å². The molecule has 0 unspecified atom stereocenters. The lowest BCUT2D eigenvalue weighted by Gasteiger charge is -2.30. The lowest BCUT2D eigenvalue weighted by Crippen LogP contribution is -2.47. The van der Waals surface area contributed by atoms with Gasteiger partial charge >= 0.3 is 6.03 Å². The summed E-state index contributed by atoms with van der Waals surface area (Å²) < 4.78 is 26.1. The molecular weight excluding hydrogens is 318 g/mol. The van der Waals surface area contributed by atoms with Gasteiger partial charge < -0.3 is 10.6 Å². The van der Waals surface area contributed by atoms with Crippen molar-refractivity contribution in [3.63, 3.8) is 0 Å². The normalized spacial score (nSPS) is 17.4. The summed E-state index contributed by atoms with van der Waals surface area (Å²) in [7, 11) is -1.33. The molecule has 9 heteroatoms. The molecule has 1 aromatic rings. The van der Waals surface area contributed by atoms with Crippen LogP contribution in [0.5, 0.6) is 0 Å². The van der Waals surface area contributed by atoms with Crippen LogP contribution in [0.3, 0.4) is 0 Å². The Morgan fingerprint density at radius 3 is 2.48 bits per heavy atom. The lowest BCUT2D eigenvalue weighted by molar-refractivity contribution is 0.238. The molecule has 0 spiro atoms. The number of urea groups is 1. The maximum atomic E-state index is 12.2. The summed E-state index contributed by atoms with van der Waals surface area (Å²) in [6.07, 6.45) is 4.22. The van der Waals surface area contributed by atoms with Crippen LogP contribution in [-0.4, -0.2) is 53.9 Å². The Labute approximate surface area is 137 Å². The molecule has 1 aromatic heterocycles. The first-order chi connectivity index (χ1) is 10.7. The second-order valence-electron chi connectivity index (χ2n) is 6.29. The molecule has 0 aromatic carbocycles. The van der Waals surface area contributed by atoms with E-state index in [4.69, 9.17) is 0 Å². The molecule has 1 aliphatic rings. The number of rotatable bonds is 4. The Bertz CT molecular complexity index is 660. The van der Waals surface area contributed by atoms with Crippen LogP contribution in [0, 0.1) is 0 Å². The molecule has 0 bridgehead atoms. The third-order valence-corrected chi connectivity index (χ3v) is 5.21. The molecule has 1 aliphatic heterocycles. The molecule has 2 N–H and O–H groups in total. The van der Waals surface area contributed by atoms with Crippen molar-refractivity contribution in [1.29, 1.82) is 0 Å². The highest BCUT2D eigenvalue weighted by Crippen LogP contribution is 2.22. The summed E-state index contributed by atoms with van der Waals surface area (Å²) in [5, 5.41) is 10.1. The Morgan fingerprint density at radius 1 is 1.35 bits per heavy atom. The first-order valence-corrected chi connectivity index (χ1v) is 9.58. The van der Waals surface area contributed by atoms with Crippen LogP contribution in [0.1, 0.15) is 38.3 Å². The van der Waals surface area contributed by atoms with Gasteiger partial charge in [0.1, 0.15) is 0 Å². The van der Waals surface area contributed by atoms with Crippen molar-refractivity contribution in [3.8, 4) is 0 Å². The van der Waals surface area contributed by atoms with Crippen molar-refractivity contribution in [2.75, 3.05) is 24.7 Å². The molecule has 8 nitrogen and oxygen atoms in total. The minimum Gasteiger partial charge on any atom is -0.335 e. The first-order valence-electron chi connectivity index (χ1n) is 7.73. The Hall–Kier alpha value is -1.61. The summed E-state index contributed by atoms with van der Waals surface area (Å²) in [5.74, 6) is 0.212. The summed E-state index contributed by atoms with van der Waals surface area (Å²) in [6.45, 7) is 4.92. The predicted molar refractivity (Wildman–Crippen MR) is 88.9 cm³/mol. The predicted octanol–water partition coefficient (Wildman–Crippen LogP) is 1.09. The topological polar surface area (TPSA) is 96.3 Å². The SMILES string of the molecule is CC(C)c1nn(C)cc1NC(=O)NC1CCN(S(C)(=O)=O)CC1. The quantitative estimate of drug-likeness (QED) is 0.855. The van der Waals surface area contributed by atoms with Crippen molar-refractivity contribution in [2.24, 2.45) is 7.05 Å². The molecule has 0 aliphatic carbocycles. The average Bonchev–Trinajstić information content (AvgIpc) is 2.79. The minimum atomic E-state index is -3.14. The molecule has 1 fully saturated rings. The van der Waals surface area contributed by atoms with Gasteiger partial charge in [0.25, 0.3) is 0 Å². The highest BCUT2D eigenvalue weighted by Gasteiger charge is 2.26. The van der Waals surface area contributed by atoms with Crippen molar-refractivity contribution < 1.29 is 13.2 Å². The first kappa shape index (κ1) is 17.7. The van der Waals surface area contributed by atoms with Crippen LogP contribution >= 0.6 is 0 Å². The molecule has 1 saturated heterocycles. The fourth-order valence-electron chi connectivity index (χ4n) is 2.70. The van der Waals surface area contributed by atoms with Crippen LogP contribution < -0.4 is 10.6 Å². The molecule has 2 heterocycles. The van der Waals surface area contributed by atoms with Crippen molar-refractivity contribution in [2.45, 2.75) is 38.6 Å². The number of amides is 2. The number of piperidine rings is 1. The number of hydrogen-bond acceptors (Lipinski definition) is 4. The Balaban J connectivity index is 1.89. The van der Waals surface area contributed by atoms with E-state index in [0.29, 0.717) is 31.6 Å². The van der Waals surface area contributed by atoms with Crippen molar-refractivity contribution in [1.82, 2.24) is 19.4 Å². The van der Waals surface area contributed by atoms with E-state index in [2.05, 4.69) is 15.7 Å². The number of sulfonamides is 1. The Morgan fingerprint density at radius 2 is 1.96 bits per heavy atom. The van der Waals surface area contributed by atoms with E-state index in [1.165, 1.54) is 10.6 Å². The average molecular weight is 343 g/mol. The largest absolute Gasteiger partial charge is 0.335 e. The number of carbonyl (C=O) groups excluding carboxylic acids is 1. The second kappa shape index (κ2) is 6.88. The number of aryl methyl sites for hydroxylation is 1. The lowest BCUT2D eigenvalue weighted by atomic mass is 10.1. The maximum Gasteiger partial charge on any atom is 0.319 e. The minimum absolute atomic E-state index is 0.0211. The highest BCUT2D eigenvalue weighted by molar-refractivity contribution is 7.88. The molecule has 23 heavy (non-hydrogen) atoms. The number of nitrogens with one attached hydrogen (secondary N) is 2. The molecule has 130 valence electrons. The van der Waals surface area contributed by atoms with Crippen LogP contribution in [0.2, 0.25) is 0 Å². The molecule has 2 rings (SSSR count). The number of aromatic nitrogens is 2. The zero-order valence-electron chi connectivity index (χ0n) is 14.0. The van der Waals surface area contributed by atoms with E-state index < -0.39 is 10.0 Å². The fourth-order valence-corrected chi connectivity index (χ4v) is 3.58. The van der Waals surface area contributed by atoms with Crippen LogP contribution in [-0.2, 0) is 17.1 Å². The summed E-state index contributed by atoms with van der Waals surface area (Å²) in [4.78, 5) is 12.2. The molecule has 2 amide bonds. The van der Waals surface area contributed by atoms with Gasteiger partial charge in [-0.3, -0.25) is 4.68 Å². The van der Waals surface area contributed by atoms with E-state index in [1.807, 2.05) is 20.9 Å². The zero-order valence-corrected chi connectivity index (χ0v) is 14.9. The number of nitrogens with zero attached hydrogens (tertiary/aromatic N) is 3. The van der Waals surface area contributed by atoms with Gasteiger partial charge in [-0.05, 0) is 18.8 Å². The van der Waals surface area contributed by atoms with E-state index in [0.717, 1.165) is 5.69 Å². The molecule has 0 radical (unpaired) electrons. The third kappa shape index (κ3) is 4.68. The molecule has 0 atom stereocenters. The number of hydrogen-bond donors (Lipinski definition) is 2. The van der Waals surface area contributed by atoms with Gasteiger partial charge in [-0.1, -0.05) is 13.8 Å². The van der Waals surface area contributed by atoms with Gasteiger partial charge in [0.15, 0.2) is 0 Å². The van der Waals surface area contributed by atoms with E-state index >= 15 is 0 Å². The molecular formula is C14H25N5O3S. The van der Waals surface area contributed by atoms with E-state index in [9.17, 15) is 13.2 Å². The smallest absolute Gasteiger partial charge is 0.319 e. The summed E-state index contributed by atoms with van der Waals surface area (Å²) >= 11 is 0. The van der Waals surface area contributed by atoms with Gasteiger partial charge in [0, 0.05) is 32.4 Å². The summed E-state index contributed by atoms with van der Waals surface area (Å²) in [6, 6.07) is -0.301. The van der Waals surface area contributed by atoms with Crippen LogP contribution in [0.25, 0.3) is 0 Å². The van der Waals surface area contributed by atoms with Crippen LogP contribution in [0.4, 0.5) is 10.5 Å². The van der Waals surface area contributed by atoms with E-state index in [-0.39, 0.29) is 18.0 Å². The van der Waals surface area contributed by atoms with Crippen molar-refractivity contribution in [3.05, 3.63) is 11.9 Å². The standard InChI is InChI=1S/C14H25N5O3S/c1-10(2)13-12(9-18(3)17-13)16-14(20)15-11-5-7-19(8-6-11)23(4,21)22/h9-11H,5-8H2,1-4H3,(H2,15,16,20). The third-order valence-electron chi connectivity index (χ3n) is 3.91. The second-order valence-corrected chi connectivity index (χ2v) is 8.27. The highest BCUT2D eigenvalue weighted by atomic mass is 32.2. The Kier molecular flexibility index (Phi) is 5.30. The van der Waals surface area contributed by atoms with Crippen LogP contribution in [0.15, 0.2) is 6.20 Å². The van der Waals surface area contributed by atoms with E-state index in [1.54, 1.807) is 10.9 Å².